The number of hydrogen-bond donors (Lipinski definition) is 1. The molecule has 10 heteroatoms. The normalized spacial score (nSPS) is 10.4. The molecule has 0 bridgehead atoms. The number of carbonyl (C=O) groups is 2. The molecule has 0 radical (unpaired) electrons. The minimum absolute atomic E-state index is 0.247. The molecule has 0 unspecified atom stereocenters. The molecule has 32 heavy (non-hydrogen) atoms. The third-order valence-electron chi connectivity index (χ3n) is 3.86. The fraction of sp³-hybridized carbons (Fsp3) is 0.0909. The molecule has 0 aromatic heterocycles. The molecule has 0 fully saturated rings. The highest BCUT2D eigenvalue weighted by Crippen LogP contribution is 2.28. The summed E-state index contributed by atoms with van der Waals surface area (Å²) in [6.45, 7) is -0.590. The third kappa shape index (κ3) is 7.21. The monoisotopic (exact) mass is 513 g/mol. The van der Waals surface area contributed by atoms with Gasteiger partial charge in [0.15, 0.2) is 13.2 Å². The Labute approximate surface area is 203 Å². The number of ether oxygens (including phenoxy) is 3. The zero-order valence-corrected chi connectivity index (χ0v) is 19.3. The fourth-order valence-electron chi connectivity index (χ4n) is 2.43. The van der Waals surface area contributed by atoms with Crippen molar-refractivity contribution in [2.75, 3.05) is 18.5 Å². The van der Waals surface area contributed by atoms with Crippen molar-refractivity contribution in [3.8, 4) is 17.2 Å². The minimum atomic E-state index is -0.624. The number of hydrogen-bond acceptors (Lipinski definition) is 5. The zero-order valence-electron chi connectivity index (χ0n) is 16.2. The molecule has 6 nitrogen and oxygen atoms in total. The summed E-state index contributed by atoms with van der Waals surface area (Å²) in [7, 11) is 0. The van der Waals surface area contributed by atoms with E-state index in [1.54, 1.807) is 36.4 Å². The number of amides is 1. The molecule has 1 N–H and O–H groups in total. The van der Waals surface area contributed by atoms with Gasteiger partial charge < -0.3 is 19.5 Å². The lowest BCUT2D eigenvalue weighted by Crippen LogP contribution is -2.20. The molecule has 0 aliphatic rings. The van der Waals surface area contributed by atoms with Gasteiger partial charge in [-0.05, 0) is 60.7 Å². The van der Waals surface area contributed by atoms with Crippen LogP contribution in [0, 0.1) is 0 Å². The van der Waals surface area contributed by atoms with Crippen molar-refractivity contribution in [1.82, 2.24) is 0 Å². The molecular formula is C22H15Cl4NO5. The van der Waals surface area contributed by atoms with Gasteiger partial charge >= 0.3 is 5.97 Å². The van der Waals surface area contributed by atoms with E-state index >= 15 is 0 Å². The van der Waals surface area contributed by atoms with E-state index in [1.165, 1.54) is 24.3 Å². The summed E-state index contributed by atoms with van der Waals surface area (Å²) in [6.07, 6.45) is 0. The molecule has 0 aliphatic heterocycles. The Morgan fingerprint density at radius 1 is 0.719 bits per heavy atom. The minimum Gasteiger partial charge on any atom is -0.482 e. The molecule has 3 rings (SSSR count). The molecule has 3 aromatic carbocycles. The van der Waals surface area contributed by atoms with E-state index in [-0.39, 0.29) is 24.0 Å². The molecule has 166 valence electrons. The maximum Gasteiger partial charge on any atom is 0.349 e. The van der Waals surface area contributed by atoms with Crippen LogP contribution in [0.2, 0.25) is 20.1 Å². The fourth-order valence-corrected chi connectivity index (χ4v) is 3.35. The second kappa shape index (κ2) is 11.3. The summed E-state index contributed by atoms with van der Waals surface area (Å²) in [5, 5.41) is 4.17. The van der Waals surface area contributed by atoms with Crippen LogP contribution < -0.4 is 19.5 Å². The molecule has 0 spiro atoms. The van der Waals surface area contributed by atoms with Gasteiger partial charge in [-0.25, -0.2) is 4.79 Å². The predicted molar refractivity (Wildman–Crippen MR) is 125 cm³/mol. The van der Waals surface area contributed by atoms with Crippen LogP contribution in [0.25, 0.3) is 0 Å². The van der Waals surface area contributed by atoms with Gasteiger partial charge in [0.2, 0.25) is 0 Å². The van der Waals surface area contributed by atoms with E-state index in [4.69, 9.17) is 60.6 Å². The third-order valence-corrected chi connectivity index (χ3v) is 4.92. The van der Waals surface area contributed by atoms with E-state index in [9.17, 15) is 9.59 Å². The summed E-state index contributed by atoms with van der Waals surface area (Å²) in [5.41, 5.74) is 0.491. The Kier molecular flexibility index (Phi) is 8.47. The largest absolute Gasteiger partial charge is 0.482 e. The lowest BCUT2D eigenvalue weighted by Gasteiger charge is -2.10. The number of anilines is 1. The first kappa shape index (κ1) is 24.0. The summed E-state index contributed by atoms with van der Waals surface area (Å²) in [6, 6.07) is 15.6. The van der Waals surface area contributed by atoms with Gasteiger partial charge in [0, 0.05) is 15.7 Å². The first-order valence-electron chi connectivity index (χ1n) is 9.06. The van der Waals surface area contributed by atoms with Crippen LogP contribution in [0.4, 0.5) is 5.69 Å². The first-order chi connectivity index (χ1) is 15.3. The van der Waals surface area contributed by atoms with E-state index in [1.807, 2.05) is 0 Å². The van der Waals surface area contributed by atoms with Crippen molar-refractivity contribution >= 4 is 64.0 Å². The molecule has 0 aliphatic carbocycles. The maximum atomic E-state index is 12.1. The van der Waals surface area contributed by atoms with Crippen molar-refractivity contribution in [2.45, 2.75) is 0 Å². The lowest BCUT2D eigenvalue weighted by atomic mass is 10.3. The Morgan fingerprint density at radius 2 is 1.25 bits per heavy atom. The summed E-state index contributed by atoms with van der Waals surface area (Å²) < 4.78 is 15.9. The second-order valence-electron chi connectivity index (χ2n) is 6.27. The quantitative estimate of drug-likeness (QED) is 0.282. The van der Waals surface area contributed by atoms with Gasteiger partial charge in [0.05, 0.1) is 10.0 Å². The molecule has 0 saturated heterocycles. The smallest absolute Gasteiger partial charge is 0.349 e. The van der Waals surface area contributed by atoms with Crippen molar-refractivity contribution in [3.05, 3.63) is 80.8 Å². The Morgan fingerprint density at radius 3 is 1.78 bits per heavy atom. The van der Waals surface area contributed by atoms with Gasteiger partial charge in [-0.1, -0.05) is 46.4 Å². The van der Waals surface area contributed by atoms with Crippen molar-refractivity contribution in [1.29, 1.82) is 0 Å². The highest BCUT2D eigenvalue weighted by Gasteiger charge is 2.10. The zero-order chi connectivity index (χ0) is 23.1. The maximum absolute atomic E-state index is 12.1. The highest BCUT2D eigenvalue weighted by molar-refractivity contribution is 6.36. The van der Waals surface area contributed by atoms with E-state index in [0.717, 1.165) is 0 Å². The van der Waals surface area contributed by atoms with Crippen LogP contribution in [0.1, 0.15) is 0 Å². The average Bonchev–Trinajstić information content (AvgIpc) is 2.74. The average molecular weight is 515 g/mol. The van der Waals surface area contributed by atoms with Gasteiger partial charge in [-0.3, -0.25) is 4.79 Å². The van der Waals surface area contributed by atoms with Crippen LogP contribution in [-0.4, -0.2) is 25.1 Å². The number of carbonyl (C=O) groups excluding carboxylic acids is 2. The van der Waals surface area contributed by atoms with Gasteiger partial charge in [0.1, 0.15) is 17.2 Å². The topological polar surface area (TPSA) is 73.9 Å². The van der Waals surface area contributed by atoms with Crippen molar-refractivity contribution in [2.24, 2.45) is 0 Å². The van der Waals surface area contributed by atoms with Crippen LogP contribution in [0.3, 0.4) is 0 Å². The van der Waals surface area contributed by atoms with Crippen molar-refractivity contribution in [3.63, 3.8) is 0 Å². The standard InChI is InChI=1S/C22H15Cl4NO5/c23-13-1-7-19(17(25)9-13)30-11-21(28)27-15-3-5-16(6-4-15)32-22(29)12-31-20-8-2-14(24)10-18(20)26/h1-10H,11-12H2,(H,27,28). The van der Waals surface area contributed by atoms with E-state index in [0.29, 0.717) is 32.3 Å². The molecule has 1 amide bonds. The molecule has 0 heterocycles. The summed E-state index contributed by atoms with van der Waals surface area (Å²) in [4.78, 5) is 24.0. The second-order valence-corrected chi connectivity index (χ2v) is 7.96. The molecule has 3 aromatic rings. The van der Waals surface area contributed by atoms with Crippen LogP contribution >= 0.6 is 46.4 Å². The predicted octanol–water partition coefficient (Wildman–Crippen LogP) is 6.30. The lowest BCUT2D eigenvalue weighted by molar-refractivity contribution is -0.136. The summed E-state index contributed by atoms with van der Waals surface area (Å²) >= 11 is 23.6. The number of nitrogens with one attached hydrogen (secondary N) is 1. The van der Waals surface area contributed by atoms with Gasteiger partial charge in [0.25, 0.3) is 5.91 Å². The number of rotatable bonds is 8. The summed E-state index contributed by atoms with van der Waals surface area (Å²) in [5.74, 6) is -0.0817. The van der Waals surface area contributed by atoms with Gasteiger partial charge in [-0.15, -0.1) is 0 Å². The SMILES string of the molecule is O=C(COc1ccc(Cl)cc1Cl)Nc1ccc(OC(=O)COc2ccc(Cl)cc2Cl)cc1. The molecular weight excluding hydrogens is 500 g/mol. The van der Waals surface area contributed by atoms with E-state index < -0.39 is 11.9 Å². The Hall–Kier alpha value is -2.64. The van der Waals surface area contributed by atoms with Crippen LogP contribution in [0.15, 0.2) is 60.7 Å². The number of esters is 1. The van der Waals surface area contributed by atoms with Crippen molar-refractivity contribution < 1.29 is 23.8 Å². The highest BCUT2D eigenvalue weighted by atomic mass is 35.5. The Bertz CT molecular complexity index is 1030. The number of halogens is 4. The number of benzene rings is 3. The first-order valence-corrected chi connectivity index (χ1v) is 10.6. The van der Waals surface area contributed by atoms with Crippen LogP contribution in [0.5, 0.6) is 17.2 Å². The van der Waals surface area contributed by atoms with Gasteiger partial charge in [-0.2, -0.15) is 0 Å². The van der Waals surface area contributed by atoms with E-state index in [2.05, 4.69) is 5.32 Å². The molecule has 0 atom stereocenters. The molecule has 0 saturated carbocycles. The Balaban J connectivity index is 1.45. The van der Waals surface area contributed by atoms with Crippen LogP contribution in [-0.2, 0) is 9.59 Å².